The predicted octanol–water partition coefficient (Wildman–Crippen LogP) is 3.66. The van der Waals surface area contributed by atoms with Crippen molar-refractivity contribution in [2.24, 2.45) is 7.05 Å². The normalized spacial score (nSPS) is 17.8. The number of benzene rings is 1. The van der Waals surface area contributed by atoms with Crippen LogP contribution >= 0.6 is 0 Å². The van der Waals surface area contributed by atoms with Crippen molar-refractivity contribution >= 4 is 10.0 Å². The number of fused-ring (bicyclic) bond motifs is 1. The van der Waals surface area contributed by atoms with E-state index in [0.717, 1.165) is 61.8 Å². The Kier molecular flexibility index (Phi) is 4.89. The van der Waals surface area contributed by atoms with E-state index in [0.29, 0.717) is 11.4 Å². The zero-order valence-electron chi connectivity index (χ0n) is 16.5. The molecule has 1 aromatic carbocycles. The maximum absolute atomic E-state index is 13.6. The fourth-order valence-corrected chi connectivity index (χ4v) is 6.32. The molecule has 0 spiro atoms. The van der Waals surface area contributed by atoms with Crippen LogP contribution in [0.4, 0.5) is 0 Å². The molecular formula is C21H29N3O2S. The van der Waals surface area contributed by atoms with Crippen molar-refractivity contribution in [3.05, 3.63) is 46.3 Å². The highest BCUT2D eigenvalue weighted by molar-refractivity contribution is 7.89. The molecule has 5 nitrogen and oxygen atoms in total. The summed E-state index contributed by atoms with van der Waals surface area (Å²) in [6, 6.07) is 5.56. The molecule has 27 heavy (non-hydrogen) atoms. The van der Waals surface area contributed by atoms with Crippen LogP contribution in [0.15, 0.2) is 23.1 Å². The summed E-state index contributed by atoms with van der Waals surface area (Å²) in [4.78, 5) is 0.407. The van der Waals surface area contributed by atoms with Crippen molar-refractivity contribution in [2.75, 3.05) is 0 Å². The minimum absolute atomic E-state index is 0.0793. The first-order valence-corrected chi connectivity index (χ1v) is 11.4. The van der Waals surface area contributed by atoms with Gasteiger partial charge in [-0.1, -0.05) is 18.9 Å². The van der Waals surface area contributed by atoms with Crippen LogP contribution in [0.25, 0.3) is 0 Å². The summed E-state index contributed by atoms with van der Waals surface area (Å²) in [5.74, 6) is 0. The summed E-state index contributed by atoms with van der Waals surface area (Å²) in [5, 5.41) is 4.69. The van der Waals surface area contributed by atoms with Crippen molar-refractivity contribution in [1.82, 2.24) is 14.1 Å². The SMILES string of the molecule is Cc1ccc(S(=O)(=O)N(Cc2nn(C)c3c2CCC3)C2CCCC2)cc1C. The fourth-order valence-electron chi connectivity index (χ4n) is 4.58. The van der Waals surface area contributed by atoms with Gasteiger partial charge in [0.05, 0.1) is 17.1 Å². The molecule has 1 saturated carbocycles. The highest BCUT2D eigenvalue weighted by atomic mass is 32.2. The quantitative estimate of drug-likeness (QED) is 0.787. The Labute approximate surface area is 162 Å². The number of hydrogen-bond acceptors (Lipinski definition) is 3. The van der Waals surface area contributed by atoms with E-state index in [1.165, 1.54) is 11.3 Å². The summed E-state index contributed by atoms with van der Waals surface area (Å²) in [6.07, 6.45) is 7.29. The summed E-state index contributed by atoms with van der Waals surface area (Å²) < 4.78 is 30.9. The molecule has 146 valence electrons. The van der Waals surface area contributed by atoms with Crippen LogP contribution in [0, 0.1) is 13.8 Å². The van der Waals surface area contributed by atoms with Gasteiger partial charge in [-0.2, -0.15) is 9.40 Å². The van der Waals surface area contributed by atoms with Crippen molar-refractivity contribution in [2.45, 2.75) is 76.3 Å². The number of aromatic nitrogens is 2. The molecule has 2 aromatic rings. The Morgan fingerprint density at radius 1 is 1.11 bits per heavy atom. The van der Waals surface area contributed by atoms with Crippen molar-refractivity contribution in [3.8, 4) is 0 Å². The molecule has 2 aliphatic rings. The average Bonchev–Trinajstić information content (AvgIpc) is 3.35. The topological polar surface area (TPSA) is 55.2 Å². The Hall–Kier alpha value is -1.66. The zero-order chi connectivity index (χ0) is 19.2. The molecule has 2 aliphatic carbocycles. The van der Waals surface area contributed by atoms with Crippen LogP contribution in [0.1, 0.15) is 60.2 Å². The monoisotopic (exact) mass is 387 g/mol. The second kappa shape index (κ2) is 7.06. The minimum atomic E-state index is -3.55. The number of rotatable bonds is 5. The van der Waals surface area contributed by atoms with Gasteiger partial charge in [-0.25, -0.2) is 8.42 Å². The zero-order valence-corrected chi connectivity index (χ0v) is 17.3. The fraction of sp³-hybridized carbons (Fsp3) is 0.571. The number of sulfonamides is 1. The Balaban J connectivity index is 1.73. The van der Waals surface area contributed by atoms with Gasteiger partial charge in [0.1, 0.15) is 0 Å². The molecule has 1 aromatic heterocycles. The molecule has 0 N–H and O–H groups in total. The average molecular weight is 388 g/mol. The van der Waals surface area contributed by atoms with Crippen molar-refractivity contribution in [1.29, 1.82) is 0 Å². The van der Waals surface area contributed by atoms with Crippen molar-refractivity contribution < 1.29 is 8.42 Å². The Morgan fingerprint density at radius 3 is 2.56 bits per heavy atom. The first-order chi connectivity index (χ1) is 12.9. The van der Waals surface area contributed by atoms with Gasteiger partial charge in [-0.3, -0.25) is 4.68 Å². The van der Waals surface area contributed by atoms with Gasteiger partial charge < -0.3 is 0 Å². The van der Waals surface area contributed by atoms with Crippen LogP contribution in [0.2, 0.25) is 0 Å². The molecule has 0 bridgehead atoms. The lowest BCUT2D eigenvalue weighted by Crippen LogP contribution is -2.38. The largest absolute Gasteiger partial charge is 0.272 e. The van der Waals surface area contributed by atoms with Gasteiger partial charge in [0, 0.05) is 18.8 Å². The van der Waals surface area contributed by atoms with Crippen LogP contribution < -0.4 is 0 Å². The number of hydrogen-bond donors (Lipinski definition) is 0. The highest BCUT2D eigenvalue weighted by Gasteiger charge is 2.35. The molecule has 1 fully saturated rings. The highest BCUT2D eigenvalue weighted by Crippen LogP contribution is 2.33. The maximum atomic E-state index is 13.6. The molecule has 0 amide bonds. The first-order valence-electron chi connectivity index (χ1n) is 10.0. The van der Waals surface area contributed by atoms with Crippen LogP contribution in [-0.4, -0.2) is 28.5 Å². The van der Waals surface area contributed by atoms with Gasteiger partial charge in [0.15, 0.2) is 0 Å². The maximum Gasteiger partial charge on any atom is 0.243 e. The first kappa shape index (κ1) is 18.7. The molecule has 4 rings (SSSR count). The third-order valence-electron chi connectivity index (χ3n) is 6.32. The molecule has 0 aliphatic heterocycles. The second-order valence-electron chi connectivity index (χ2n) is 8.08. The third-order valence-corrected chi connectivity index (χ3v) is 8.22. The summed E-state index contributed by atoms with van der Waals surface area (Å²) in [7, 11) is -1.57. The van der Waals surface area contributed by atoms with E-state index in [-0.39, 0.29) is 6.04 Å². The molecule has 6 heteroatoms. The minimum Gasteiger partial charge on any atom is -0.272 e. The summed E-state index contributed by atoms with van der Waals surface area (Å²) >= 11 is 0. The standard InChI is InChI=1S/C21H29N3O2S/c1-15-11-12-18(13-16(15)2)27(25,26)24(17-7-4-5-8-17)14-20-19-9-6-10-21(19)23(3)22-20/h11-13,17H,4-10,14H2,1-3H3. The Bertz CT molecular complexity index is 956. The van der Waals surface area contributed by atoms with E-state index in [2.05, 4.69) is 0 Å². The molecular weight excluding hydrogens is 358 g/mol. The molecule has 0 radical (unpaired) electrons. The molecule has 0 unspecified atom stereocenters. The van der Waals surface area contributed by atoms with E-state index in [9.17, 15) is 8.42 Å². The summed E-state index contributed by atoms with van der Waals surface area (Å²) in [5.41, 5.74) is 5.63. The molecule has 0 saturated heterocycles. The van der Waals surface area contributed by atoms with Gasteiger partial charge in [-0.05, 0) is 74.8 Å². The number of aryl methyl sites for hydroxylation is 3. The molecule has 1 heterocycles. The Morgan fingerprint density at radius 2 is 1.85 bits per heavy atom. The third kappa shape index (κ3) is 3.34. The number of nitrogens with zero attached hydrogens (tertiary/aromatic N) is 3. The van der Waals surface area contributed by atoms with E-state index >= 15 is 0 Å². The van der Waals surface area contributed by atoms with Gasteiger partial charge in [-0.15, -0.1) is 0 Å². The van der Waals surface area contributed by atoms with Crippen LogP contribution in [-0.2, 0) is 36.5 Å². The predicted molar refractivity (Wildman–Crippen MR) is 106 cm³/mol. The van der Waals surface area contributed by atoms with E-state index in [1.54, 1.807) is 10.4 Å². The van der Waals surface area contributed by atoms with Crippen LogP contribution in [0.5, 0.6) is 0 Å². The van der Waals surface area contributed by atoms with E-state index < -0.39 is 10.0 Å². The second-order valence-corrected chi connectivity index (χ2v) is 9.97. The van der Waals surface area contributed by atoms with E-state index in [4.69, 9.17) is 5.10 Å². The molecule has 0 atom stereocenters. The van der Waals surface area contributed by atoms with Gasteiger partial charge >= 0.3 is 0 Å². The summed E-state index contributed by atoms with van der Waals surface area (Å²) in [6.45, 7) is 4.38. The lowest BCUT2D eigenvalue weighted by molar-refractivity contribution is 0.311. The van der Waals surface area contributed by atoms with Crippen LogP contribution in [0.3, 0.4) is 0 Å². The van der Waals surface area contributed by atoms with E-state index in [1.807, 2.05) is 37.7 Å². The smallest absolute Gasteiger partial charge is 0.243 e. The lowest BCUT2D eigenvalue weighted by atomic mass is 10.1. The lowest BCUT2D eigenvalue weighted by Gasteiger charge is -2.28. The van der Waals surface area contributed by atoms with Crippen molar-refractivity contribution in [3.63, 3.8) is 0 Å². The van der Waals surface area contributed by atoms with Gasteiger partial charge in [0.25, 0.3) is 0 Å². The van der Waals surface area contributed by atoms with Gasteiger partial charge in [0.2, 0.25) is 10.0 Å².